The van der Waals surface area contributed by atoms with Crippen molar-refractivity contribution in [3.05, 3.63) is 188 Å². The fourth-order valence-corrected chi connectivity index (χ4v) is 7.53. The number of pyridine rings is 1. The van der Waals surface area contributed by atoms with Gasteiger partial charge in [0, 0.05) is 38.4 Å². The molecule has 248 valence electrons. The lowest BCUT2D eigenvalue weighted by molar-refractivity contribution is 0.628. The van der Waals surface area contributed by atoms with Gasteiger partial charge in [-0.1, -0.05) is 133 Å². The van der Waals surface area contributed by atoms with Crippen LogP contribution in [0.15, 0.2) is 182 Å². The molecule has 0 aliphatic rings. The van der Waals surface area contributed by atoms with Crippen LogP contribution >= 0.6 is 0 Å². The Morgan fingerprint density at radius 2 is 0.943 bits per heavy atom. The van der Waals surface area contributed by atoms with Crippen LogP contribution in [-0.4, -0.2) is 15.0 Å². The Kier molecular flexibility index (Phi) is 7.33. The average Bonchev–Trinajstić information content (AvgIpc) is 3.23. The van der Waals surface area contributed by atoms with E-state index in [0.29, 0.717) is 5.82 Å². The van der Waals surface area contributed by atoms with Crippen LogP contribution in [0.1, 0.15) is 0 Å². The van der Waals surface area contributed by atoms with Gasteiger partial charge in [0.25, 0.3) is 0 Å². The van der Waals surface area contributed by atoms with E-state index in [1.54, 1.807) is 12.1 Å². The molecule has 0 amide bonds. The van der Waals surface area contributed by atoms with E-state index >= 15 is 0 Å². The molecule has 0 N–H and O–H groups in total. The van der Waals surface area contributed by atoms with Crippen molar-refractivity contribution in [2.75, 3.05) is 0 Å². The number of aromatic nitrogens is 3. The van der Waals surface area contributed by atoms with E-state index in [2.05, 4.69) is 109 Å². The SMILES string of the molecule is Fc1ccc(-c2nc3ccccc3c3c2ccc2c(-c4ccc5cc(-c6nc(-c7ccccc7)cc(-c7ccccc7)n6)ccc5c4)cccc23)cc1. The van der Waals surface area contributed by atoms with E-state index in [9.17, 15) is 4.39 Å². The average molecular weight is 680 g/mol. The molecule has 0 aliphatic heterocycles. The van der Waals surface area contributed by atoms with Gasteiger partial charge in [0.15, 0.2) is 5.82 Å². The smallest absolute Gasteiger partial charge is 0.160 e. The molecule has 4 heteroatoms. The third kappa shape index (κ3) is 5.49. The number of nitrogens with zero attached hydrogens (tertiary/aromatic N) is 3. The number of fused-ring (bicyclic) bond motifs is 6. The van der Waals surface area contributed by atoms with Gasteiger partial charge in [-0.05, 0) is 81.2 Å². The summed E-state index contributed by atoms with van der Waals surface area (Å²) in [7, 11) is 0. The van der Waals surface area contributed by atoms with Crippen LogP contribution < -0.4 is 0 Å². The minimum Gasteiger partial charge on any atom is -0.247 e. The molecule has 3 nitrogen and oxygen atoms in total. The number of halogens is 1. The predicted molar refractivity (Wildman–Crippen MR) is 217 cm³/mol. The van der Waals surface area contributed by atoms with Crippen molar-refractivity contribution < 1.29 is 4.39 Å². The molecular weight excluding hydrogens is 650 g/mol. The van der Waals surface area contributed by atoms with Gasteiger partial charge in [-0.25, -0.2) is 19.3 Å². The standard InChI is InChI=1S/C49H30FN3/c50-38-24-22-33(23-25-38)48-43-27-26-40-39(15-9-16-41(40)47(43)42-14-7-8-17-44(42)51-48)36-20-18-35-29-37(21-19-34(35)28-36)49-52-45(31-10-3-1-4-11-31)30-46(53-49)32-12-5-2-6-13-32/h1-30H. The van der Waals surface area contributed by atoms with Gasteiger partial charge in [-0.15, -0.1) is 0 Å². The Bertz CT molecular complexity index is 2940. The Morgan fingerprint density at radius 3 is 1.66 bits per heavy atom. The maximum Gasteiger partial charge on any atom is 0.160 e. The molecule has 2 aromatic heterocycles. The van der Waals surface area contributed by atoms with E-state index in [0.717, 1.165) is 93.7 Å². The molecule has 0 bridgehead atoms. The first-order valence-electron chi connectivity index (χ1n) is 17.7. The van der Waals surface area contributed by atoms with Gasteiger partial charge in [0.1, 0.15) is 5.82 Å². The van der Waals surface area contributed by atoms with E-state index in [1.807, 2.05) is 48.5 Å². The first-order chi connectivity index (χ1) is 26.2. The van der Waals surface area contributed by atoms with Crippen molar-refractivity contribution in [1.82, 2.24) is 15.0 Å². The quantitative estimate of drug-likeness (QED) is 0.170. The third-order valence-corrected chi connectivity index (χ3v) is 10.1. The molecule has 10 rings (SSSR count). The summed E-state index contributed by atoms with van der Waals surface area (Å²) in [6.45, 7) is 0. The van der Waals surface area contributed by atoms with Crippen LogP contribution in [0.25, 0.3) is 99.5 Å². The Labute approximate surface area is 305 Å². The summed E-state index contributed by atoms with van der Waals surface area (Å²) in [5, 5.41) is 7.86. The molecule has 0 fully saturated rings. The summed E-state index contributed by atoms with van der Waals surface area (Å²) in [6, 6.07) is 61.5. The van der Waals surface area contributed by atoms with Crippen LogP contribution in [0.2, 0.25) is 0 Å². The predicted octanol–water partition coefficient (Wildman–Crippen LogP) is 13.0. The topological polar surface area (TPSA) is 38.7 Å². The van der Waals surface area contributed by atoms with Crippen molar-refractivity contribution in [2.24, 2.45) is 0 Å². The highest BCUT2D eigenvalue weighted by Crippen LogP contribution is 2.40. The lowest BCUT2D eigenvalue weighted by Gasteiger charge is -2.15. The molecule has 0 unspecified atom stereocenters. The summed E-state index contributed by atoms with van der Waals surface area (Å²) < 4.78 is 13.9. The first-order valence-corrected chi connectivity index (χ1v) is 17.7. The monoisotopic (exact) mass is 679 g/mol. The molecule has 53 heavy (non-hydrogen) atoms. The number of hydrogen-bond donors (Lipinski definition) is 0. The van der Waals surface area contributed by atoms with Gasteiger partial charge in [-0.3, -0.25) is 0 Å². The Morgan fingerprint density at radius 1 is 0.358 bits per heavy atom. The molecule has 2 heterocycles. The van der Waals surface area contributed by atoms with Crippen molar-refractivity contribution >= 4 is 43.2 Å². The zero-order valence-corrected chi connectivity index (χ0v) is 28.5. The van der Waals surface area contributed by atoms with Gasteiger partial charge >= 0.3 is 0 Å². The normalized spacial score (nSPS) is 11.5. The lowest BCUT2D eigenvalue weighted by atomic mass is 9.91. The fourth-order valence-electron chi connectivity index (χ4n) is 7.53. The highest BCUT2D eigenvalue weighted by molar-refractivity contribution is 6.24. The van der Waals surface area contributed by atoms with E-state index in [-0.39, 0.29) is 5.82 Å². The molecule has 10 aromatic rings. The summed E-state index contributed by atoms with van der Waals surface area (Å²) >= 11 is 0. The second kappa shape index (κ2) is 12.6. The zero-order valence-electron chi connectivity index (χ0n) is 28.5. The fraction of sp³-hybridized carbons (Fsp3) is 0. The number of para-hydroxylation sites is 1. The maximum atomic E-state index is 13.9. The van der Waals surface area contributed by atoms with Crippen molar-refractivity contribution in [3.63, 3.8) is 0 Å². The minimum atomic E-state index is -0.261. The van der Waals surface area contributed by atoms with Crippen LogP contribution in [0.4, 0.5) is 4.39 Å². The first kappa shape index (κ1) is 30.8. The van der Waals surface area contributed by atoms with Crippen molar-refractivity contribution in [1.29, 1.82) is 0 Å². The second-order valence-corrected chi connectivity index (χ2v) is 13.3. The van der Waals surface area contributed by atoms with Crippen LogP contribution in [-0.2, 0) is 0 Å². The molecule has 0 spiro atoms. The number of benzene rings is 8. The zero-order chi connectivity index (χ0) is 35.3. The molecule has 0 saturated heterocycles. The Hall–Kier alpha value is -7.04. The van der Waals surface area contributed by atoms with Crippen molar-refractivity contribution in [2.45, 2.75) is 0 Å². The van der Waals surface area contributed by atoms with Gasteiger partial charge < -0.3 is 0 Å². The van der Waals surface area contributed by atoms with Crippen LogP contribution in [0, 0.1) is 5.82 Å². The maximum absolute atomic E-state index is 13.9. The van der Waals surface area contributed by atoms with Crippen LogP contribution in [0.5, 0.6) is 0 Å². The lowest BCUT2D eigenvalue weighted by Crippen LogP contribution is -1.96. The molecule has 0 atom stereocenters. The molecule has 0 radical (unpaired) electrons. The molecule has 0 aliphatic carbocycles. The Balaban J connectivity index is 1.09. The van der Waals surface area contributed by atoms with Crippen molar-refractivity contribution in [3.8, 4) is 56.3 Å². The van der Waals surface area contributed by atoms with E-state index in [1.165, 1.54) is 12.1 Å². The van der Waals surface area contributed by atoms with Gasteiger partial charge in [-0.2, -0.15) is 0 Å². The summed E-state index contributed by atoms with van der Waals surface area (Å²) in [6.07, 6.45) is 0. The summed E-state index contributed by atoms with van der Waals surface area (Å²) in [4.78, 5) is 15.2. The number of hydrogen-bond acceptors (Lipinski definition) is 3. The van der Waals surface area contributed by atoms with Crippen LogP contribution in [0.3, 0.4) is 0 Å². The summed E-state index contributed by atoms with van der Waals surface area (Å²) in [5.41, 5.74) is 9.80. The number of rotatable bonds is 5. The highest BCUT2D eigenvalue weighted by atomic mass is 19.1. The minimum absolute atomic E-state index is 0.261. The largest absolute Gasteiger partial charge is 0.247 e. The molecule has 0 saturated carbocycles. The van der Waals surface area contributed by atoms with Gasteiger partial charge in [0.2, 0.25) is 0 Å². The second-order valence-electron chi connectivity index (χ2n) is 13.3. The highest BCUT2D eigenvalue weighted by Gasteiger charge is 2.16. The van der Waals surface area contributed by atoms with E-state index < -0.39 is 0 Å². The molecular formula is C49H30FN3. The summed E-state index contributed by atoms with van der Waals surface area (Å²) in [5.74, 6) is 0.433. The van der Waals surface area contributed by atoms with Gasteiger partial charge in [0.05, 0.1) is 22.6 Å². The van der Waals surface area contributed by atoms with E-state index in [4.69, 9.17) is 15.0 Å². The molecule has 8 aromatic carbocycles. The third-order valence-electron chi connectivity index (χ3n) is 10.1.